The van der Waals surface area contributed by atoms with Crippen LogP contribution in [0, 0.1) is 5.82 Å². The maximum absolute atomic E-state index is 14.2. The molecule has 3 nitrogen and oxygen atoms in total. The minimum atomic E-state index is -0.272. The highest BCUT2D eigenvalue weighted by molar-refractivity contribution is 6.31. The Morgan fingerprint density at radius 3 is 2.86 bits per heavy atom. The molecule has 2 rings (SSSR count). The molecule has 0 aliphatic rings. The third kappa shape index (κ3) is 3.83. The van der Waals surface area contributed by atoms with Gasteiger partial charge in [-0.1, -0.05) is 24.6 Å². The predicted molar refractivity (Wildman–Crippen MR) is 84.0 cm³/mol. The van der Waals surface area contributed by atoms with Crippen molar-refractivity contribution in [1.82, 2.24) is 14.9 Å². The van der Waals surface area contributed by atoms with Crippen LogP contribution in [-0.2, 0) is 13.0 Å². The average molecular weight is 310 g/mol. The Bertz CT molecular complexity index is 562. The van der Waals surface area contributed by atoms with Gasteiger partial charge < -0.3 is 9.88 Å². The molecule has 1 aromatic heterocycles. The van der Waals surface area contributed by atoms with Gasteiger partial charge in [-0.25, -0.2) is 9.37 Å². The van der Waals surface area contributed by atoms with Crippen LogP contribution in [0.3, 0.4) is 0 Å². The first kappa shape index (κ1) is 16.0. The molecule has 114 valence electrons. The van der Waals surface area contributed by atoms with Gasteiger partial charge in [0.15, 0.2) is 0 Å². The fourth-order valence-corrected chi connectivity index (χ4v) is 2.73. The van der Waals surface area contributed by atoms with Crippen molar-refractivity contribution in [3.05, 3.63) is 52.8 Å². The Kier molecular flexibility index (Phi) is 5.76. The zero-order chi connectivity index (χ0) is 15.2. The molecule has 0 spiro atoms. The van der Waals surface area contributed by atoms with Crippen LogP contribution >= 0.6 is 11.6 Å². The third-order valence-electron chi connectivity index (χ3n) is 3.52. The topological polar surface area (TPSA) is 29.9 Å². The molecule has 1 N–H and O–H groups in total. The lowest BCUT2D eigenvalue weighted by molar-refractivity contribution is 0.481. The summed E-state index contributed by atoms with van der Waals surface area (Å²) in [6.45, 7) is 5.80. The monoisotopic (exact) mass is 309 g/mol. The van der Waals surface area contributed by atoms with E-state index in [1.807, 2.05) is 6.20 Å². The van der Waals surface area contributed by atoms with Gasteiger partial charge in [0.05, 0.1) is 0 Å². The van der Waals surface area contributed by atoms with Gasteiger partial charge in [-0.3, -0.25) is 0 Å². The number of hydrogen-bond donors (Lipinski definition) is 1. The molecule has 1 aromatic carbocycles. The summed E-state index contributed by atoms with van der Waals surface area (Å²) in [6.07, 6.45) is 5.31. The number of nitrogens with zero attached hydrogens (tertiary/aromatic N) is 2. The van der Waals surface area contributed by atoms with Gasteiger partial charge in [-0.2, -0.15) is 0 Å². The Morgan fingerprint density at radius 1 is 1.38 bits per heavy atom. The molecule has 1 unspecified atom stereocenters. The Hall–Kier alpha value is -1.39. The molecule has 0 aliphatic heterocycles. The van der Waals surface area contributed by atoms with Crippen LogP contribution in [0.2, 0.25) is 5.02 Å². The van der Waals surface area contributed by atoms with Crippen molar-refractivity contribution >= 4 is 11.6 Å². The number of nitrogens with one attached hydrogen (secondary N) is 1. The molecule has 0 radical (unpaired) electrons. The summed E-state index contributed by atoms with van der Waals surface area (Å²) < 4.78 is 16.3. The number of aryl methyl sites for hydroxylation is 1. The lowest BCUT2D eigenvalue weighted by Gasteiger charge is -2.21. The zero-order valence-corrected chi connectivity index (χ0v) is 13.2. The van der Waals surface area contributed by atoms with Crippen molar-refractivity contribution in [2.75, 3.05) is 6.54 Å². The number of imidazole rings is 1. The molecule has 0 saturated heterocycles. The highest BCUT2D eigenvalue weighted by Gasteiger charge is 2.20. The average Bonchev–Trinajstić information content (AvgIpc) is 2.91. The molecule has 0 aliphatic carbocycles. The van der Waals surface area contributed by atoms with E-state index in [1.54, 1.807) is 18.3 Å². The smallest absolute Gasteiger partial charge is 0.129 e. The van der Waals surface area contributed by atoms with Gasteiger partial charge in [-0.05, 0) is 32.0 Å². The first-order valence-corrected chi connectivity index (χ1v) is 7.72. The summed E-state index contributed by atoms with van der Waals surface area (Å²) in [5.74, 6) is 0.663. The van der Waals surface area contributed by atoms with E-state index in [-0.39, 0.29) is 11.9 Å². The minimum absolute atomic E-state index is 0.175. The second kappa shape index (κ2) is 7.57. The fraction of sp³-hybridized carbons (Fsp3) is 0.438. The lowest BCUT2D eigenvalue weighted by Crippen LogP contribution is -2.26. The van der Waals surface area contributed by atoms with Crippen molar-refractivity contribution in [3.8, 4) is 0 Å². The molecule has 21 heavy (non-hydrogen) atoms. The van der Waals surface area contributed by atoms with Crippen LogP contribution in [0.1, 0.15) is 37.7 Å². The van der Waals surface area contributed by atoms with Gasteiger partial charge >= 0.3 is 0 Å². The summed E-state index contributed by atoms with van der Waals surface area (Å²) in [4.78, 5) is 4.38. The second-order valence-electron chi connectivity index (χ2n) is 4.98. The largest absolute Gasteiger partial charge is 0.335 e. The van der Waals surface area contributed by atoms with Crippen molar-refractivity contribution < 1.29 is 4.39 Å². The standard InChI is InChI=1S/C16H21ClFN3/c1-3-8-19-14(11-15-20-9-10-21(15)4-2)16-12(17)6-5-7-13(16)18/h5-7,9-10,14,19H,3-4,8,11H2,1-2H3. The lowest BCUT2D eigenvalue weighted by atomic mass is 10.0. The van der Waals surface area contributed by atoms with Gasteiger partial charge in [0.1, 0.15) is 11.6 Å². The van der Waals surface area contributed by atoms with Crippen LogP contribution in [0.5, 0.6) is 0 Å². The van der Waals surface area contributed by atoms with Gasteiger partial charge in [0, 0.05) is 42.0 Å². The summed E-state index contributed by atoms with van der Waals surface area (Å²) in [7, 11) is 0. The van der Waals surface area contributed by atoms with E-state index in [2.05, 4.69) is 28.7 Å². The molecule has 2 aromatic rings. The Balaban J connectivity index is 2.30. The Labute approximate surface area is 130 Å². The van der Waals surface area contributed by atoms with Crippen molar-refractivity contribution in [1.29, 1.82) is 0 Å². The van der Waals surface area contributed by atoms with E-state index in [1.165, 1.54) is 6.07 Å². The van der Waals surface area contributed by atoms with E-state index in [0.717, 1.165) is 25.3 Å². The molecule has 0 amide bonds. The fourth-order valence-electron chi connectivity index (χ4n) is 2.44. The molecule has 5 heteroatoms. The quantitative estimate of drug-likeness (QED) is 0.838. The van der Waals surface area contributed by atoms with E-state index in [0.29, 0.717) is 17.0 Å². The van der Waals surface area contributed by atoms with Crippen molar-refractivity contribution in [3.63, 3.8) is 0 Å². The number of aromatic nitrogens is 2. The molecule has 0 bridgehead atoms. The minimum Gasteiger partial charge on any atom is -0.335 e. The SMILES string of the molecule is CCCNC(Cc1nccn1CC)c1c(F)cccc1Cl. The summed E-state index contributed by atoms with van der Waals surface area (Å²) in [6, 6.07) is 4.64. The van der Waals surface area contributed by atoms with Crippen LogP contribution in [0.4, 0.5) is 4.39 Å². The molecular weight excluding hydrogens is 289 g/mol. The van der Waals surface area contributed by atoms with Crippen LogP contribution in [0.25, 0.3) is 0 Å². The third-order valence-corrected chi connectivity index (χ3v) is 3.85. The normalized spacial score (nSPS) is 12.6. The highest BCUT2D eigenvalue weighted by atomic mass is 35.5. The number of halogens is 2. The number of benzene rings is 1. The molecular formula is C16H21ClFN3. The van der Waals surface area contributed by atoms with Crippen LogP contribution < -0.4 is 5.32 Å². The van der Waals surface area contributed by atoms with Crippen LogP contribution in [-0.4, -0.2) is 16.1 Å². The van der Waals surface area contributed by atoms with E-state index in [9.17, 15) is 4.39 Å². The molecule has 0 fully saturated rings. The van der Waals surface area contributed by atoms with E-state index in [4.69, 9.17) is 11.6 Å². The molecule has 1 heterocycles. The number of rotatable bonds is 7. The maximum Gasteiger partial charge on any atom is 0.129 e. The summed E-state index contributed by atoms with van der Waals surface area (Å²) in [5.41, 5.74) is 0.526. The first-order chi connectivity index (χ1) is 10.2. The van der Waals surface area contributed by atoms with Crippen molar-refractivity contribution in [2.45, 2.75) is 39.3 Å². The predicted octanol–water partition coefficient (Wildman–Crippen LogP) is 3.98. The number of hydrogen-bond acceptors (Lipinski definition) is 2. The van der Waals surface area contributed by atoms with Gasteiger partial charge in [0.2, 0.25) is 0 Å². The van der Waals surface area contributed by atoms with Crippen LogP contribution in [0.15, 0.2) is 30.6 Å². The van der Waals surface area contributed by atoms with Gasteiger partial charge in [0.25, 0.3) is 0 Å². The second-order valence-corrected chi connectivity index (χ2v) is 5.38. The van der Waals surface area contributed by atoms with Gasteiger partial charge in [-0.15, -0.1) is 0 Å². The summed E-state index contributed by atoms with van der Waals surface area (Å²) in [5, 5.41) is 3.84. The first-order valence-electron chi connectivity index (χ1n) is 7.34. The molecule has 1 atom stereocenters. The maximum atomic E-state index is 14.2. The summed E-state index contributed by atoms with van der Waals surface area (Å²) >= 11 is 6.21. The van der Waals surface area contributed by atoms with E-state index < -0.39 is 0 Å². The zero-order valence-electron chi connectivity index (χ0n) is 12.4. The Morgan fingerprint density at radius 2 is 2.19 bits per heavy atom. The van der Waals surface area contributed by atoms with Crippen molar-refractivity contribution in [2.24, 2.45) is 0 Å². The molecule has 0 saturated carbocycles. The highest BCUT2D eigenvalue weighted by Crippen LogP contribution is 2.28. The van der Waals surface area contributed by atoms with E-state index >= 15 is 0 Å².